The molecule has 0 radical (unpaired) electrons. The number of hydrogen-bond donors (Lipinski definition) is 1. The smallest absolute Gasteiger partial charge is 0.382 e. The predicted octanol–water partition coefficient (Wildman–Crippen LogP) is 2.42. The van der Waals surface area contributed by atoms with Crippen LogP contribution in [0.5, 0.6) is 0 Å². The second-order valence-corrected chi connectivity index (χ2v) is 2.91. The van der Waals surface area contributed by atoms with Crippen molar-refractivity contribution in [1.82, 2.24) is 4.98 Å². The fourth-order valence-electron chi connectivity index (χ4n) is 0.816. The Morgan fingerprint density at radius 3 is 2.54 bits per heavy atom. The van der Waals surface area contributed by atoms with Gasteiger partial charge >= 0.3 is 6.18 Å². The lowest BCUT2D eigenvalue weighted by molar-refractivity contribution is -0.127. The minimum atomic E-state index is -4.25. The second kappa shape index (κ2) is 3.41. The van der Waals surface area contributed by atoms with Gasteiger partial charge in [0.05, 0.1) is 11.4 Å². The summed E-state index contributed by atoms with van der Waals surface area (Å²) >= 11 is 5.49. The molecule has 1 aromatic heterocycles. The van der Waals surface area contributed by atoms with Crippen LogP contribution in [0.4, 0.5) is 19.0 Å². The van der Waals surface area contributed by atoms with Gasteiger partial charge in [0.25, 0.3) is 0 Å². The van der Waals surface area contributed by atoms with Crippen molar-refractivity contribution < 1.29 is 13.2 Å². The van der Waals surface area contributed by atoms with Crippen LogP contribution in [-0.2, 0) is 6.42 Å². The largest absolute Gasteiger partial charge is 0.393 e. The first kappa shape index (κ1) is 10.1. The Kier molecular flexibility index (Phi) is 2.66. The van der Waals surface area contributed by atoms with Gasteiger partial charge in [-0.15, -0.1) is 0 Å². The number of rotatable bonds is 1. The highest BCUT2D eigenvalue weighted by Gasteiger charge is 2.27. The number of pyridine rings is 1. The molecular weight excluding hydrogens is 205 g/mol. The fourth-order valence-corrected chi connectivity index (χ4v) is 1.01. The van der Waals surface area contributed by atoms with Crippen LogP contribution in [0.3, 0.4) is 0 Å². The monoisotopic (exact) mass is 210 g/mol. The summed E-state index contributed by atoms with van der Waals surface area (Å²) in [6.07, 6.45) is -4.23. The van der Waals surface area contributed by atoms with Gasteiger partial charge in [-0.25, -0.2) is 4.98 Å². The van der Waals surface area contributed by atoms with Crippen molar-refractivity contribution >= 4 is 17.4 Å². The molecule has 0 fully saturated rings. The molecule has 2 nitrogen and oxygen atoms in total. The van der Waals surface area contributed by atoms with E-state index in [2.05, 4.69) is 4.98 Å². The summed E-state index contributed by atoms with van der Waals surface area (Å²) in [5.41, 5.74) is 5.23. The van der Waals surface area contributed by atoms with Crippen LogP contribution in [-0.4, -0.2) is 11.2 Å². The van der Waals surface area contributed by atoms with Crippen LogP contribution in [0, 0.1) is 0 Å². The van der Waals surface area contributed by atoms with E-state index >= 15 is 0 Å². The maximum atomic E-state index is 11.9. The Bertz CT molecular complexity index is 311. The summed E-state index contributed by atoms with van der Waals surface area (Å²) in [6, 6.07) is 1.16. The highest BCUT2D eigenvalue weighted by Crippen LogP contribution is 2.24. The summed E-state index contributed by atoms with van der Waals surface area (Å²) in [4.78, 5) is 3.51. The van der Waals surface area contributed by atoms with Crippen molar-refractivity contribution in [2.45, 2.75) is 12.6 Å². The van der Waals surface area contributed by atoms with Crippen LogP contribution in [0.25, 0.3) is 0 Å². The topological polar surface area (TPSA) is 38.9 Å². The molecule has 0 aliphatic rings. The third-order valence-corrected chi connectivity index (χ3v) is 1.63. The molecular formula is C7H6ClF3N2. The molecule has 1 rings (SSSR count). The van der Waals surface area contributed by atoms with E-state index in [-0.39, 0.29) is 16.4 Å². The molecule has 0 bridgehead atoms. The molecule has 1 heterocycles. The minimum absolute atomic E-state index is 0.00620. The van der Waals surface area contributed by atoms with Crippen molar-refractivity contribution in [3.05, 3.63) is 22.8 Å². The van der Waals surface area contributed by atoms with Gasteiger partial charge in [0.2, 0.25) is 0 Å². The van der Waals surface area contributed by atoms with E-state index in [0.717, 1.165) is 12.3 Å². The lowest BCUT2D eigenvalue weighted by Crippen LogP contribution is -2.11. The lowest BCUT2D eigenvalue weighted by atomic mass is 10.2. The summed E-state index contributed by atoms with van der Waals surface area (Å²) in [5.74, 6) is 0.0348. The highest BCUT2D eigenvalue weighted by molar-refractivity contribution is 6.32. The summed E-state index contributed by atoms with van der Waals surface area (Å²) in [5, 5.41) is 0.0433. The molecule has 0 aliphatic heterocycles. The van der Waals surface area contributed by atoms with E-state index in [0.29, 0.717) is 0 Å². The van der Waals surface area contributed by atoms with Gasteiger partial charge in [0.1, 0.15) is 5.82 Å². The molecule has 0 saturated heterocycles. The Hall–Kier alpha value is -0.970. The molecule has 0 spiro atoms. The van der Waals surface area contributed by atoms with Gasteiger partial charge in [0.15, 0.2) is 0 Å². The highest BCUT2D eigenvalue weighted by atomic mass is 35.5. The number of halogens is 4. The molecule has 0 saturated carbocycles. The van der Waals surface area contributed by atoms with Crippen LogP contribution in [0.2, 0.25) is 5.02 Å². The molecule has 0 atom stereocenters. The molecule has 0 aromatic carbocycles. The molecule has 0 aliphatic carbocycles. The molecule has 0 unspecified atom stereocenters. The summed E-state index contributed by atoms with van der Waals surface area (Å²) < 4.78 is 35.6. The van der Waals surface area contributed by atoms with E-state index in [9.17, 15) is 13.2 Å². The standard InChI is InChI=1S/C7H6ClF3N2/c8-5-1-4(2-7(9,10)11)3-13-6(5)12/h1,3H,2H2,(H2,12,13). The van der Waals surface area contributed by atoms with E-state index in [1.54, 1.807) is 0 Å². The van der Waals surface area contributed by atoms with Crippen LogP contribution in [0.1, 0.15) is 5.56 Å². The zero-order valence-corrected chi connectivity index (χ0v) is 7.15. The van der Waals surface area contributed by atoms with E-state index < -0.39 is 12.6 Å². The lowest BCUT2D eigenvalue weighted by Gasteiger charge is -2.06. The maximum Gasteiger partial charge on any atom is 0.393 e. The number of alkyl halides is 3. The zero-order valence-electron chi connectivity index (χ0n) is 6.40. The van der Waals surface area contributed by atoms with Crippen LogP contribution in [0.15, 0.2) is 12.3 Å². The van der Waals surface area contributed by atoms with Crippen molar-refractivity contribution in [2.24, 2.45) is 0 Å². The first-order valence-electron chi connectivity index (χ1n) is 3.35. The summed E-state index contributed by atoms with van der Waals surface area (Å²) in [6.45, 7) is 0. The van der Waals surface area contributed by atoms with E-state index in [1.165, 1.54) is 0 Å². The number of nitrogens with two attached hydrogens (primary N) is 1. The van der Waals surface area contributed by atoms with Gasteiger partial charge in [-0.1, -0.05) is 11.6 Å². The fraction of sp³-hybridized carbons (Fsp3) is 0.286. The number of anilines is 1. The quantitative estimate of drug-likeness (QED) is 0.773. The van der Waals surface area contributed by atoms with Crippen molar-refractivity contribution in [1.29, 1.82) is 0 Å². The SMILES string of the molecule is Nc1ncc(CC(F)(F)F)cc1Cl. The number of nitrogens with zero attached hydrogens (tertiary/aromatic N) is 1. The van der Waals surface area contributed by atoms with Crippen molar-refractivity contribution in [2.75, 3.05) is 5.73 Å². The molecule has 6 heteroatoms. The normalized spacial score (nSPS) is 11.7. The third kappa shape index (κ3) is 3.10. The number of hydrogen-bond acceptors (Lipinski definition) is 2. The Morgan fingerprint density at radius 2 is 2.08 bits per heavy atom. The maximum absolute atomic E-state index is 11.9. The van der Waals surface area contributed by atoms with Gasteiger partial charge in [0, 0.05) is 6.20 Å². The van der Waals surface area contributed by atoms with Gasteiger partial charge in [-0.3, -0.25) is 0 Å². The zero-order chi connectivity index (χ0) is 10.1. The van der Waals surface area contributed by atoms with Crippen LogP contribution < -0.4 is 5.73 Å². The second-order valence-electron chi connectivity index (χ2n) is 2.50. The van der Waals surface area contributed by atoms with E-state index in [4.69, 9.17) is 17.3 Å². The van der Waals surface area contributed by atoms with Crippen molar-refractivity contribution in [3.8, 4) is 0 Å². The Labute approximate surface area is 77.5 Å². The molecule has 0 amide bonds. The number of aromatic nitrogens is 1. The van der Waals surface area contributed by atoms with E-state index in [1.807, 2.05) is 0 Å². The van der Waals surface area contributed by atoms with Gasteiger partial charge < -0.3 is 5.73 Å². The molecule has 13 heavy (non-hydrogen) atoms. The van der Waals surface area contributed by atoms with Crippen LogP contribution >= 0.6 is 11.6 Å². The predicted molar refractivity (Wildman–Crippen MR) is 43.4 cm³/mol. The Morgan fingerprint density at radius 1 is 1.46 bits per heavy atom. The van der Waals surface area contributed by atoms with Gasteiger partial charge in [-0.2, -0.15) is 13.2 Å². The molecule has 1 aromatic rings. The average Bonchev–Trinajstić information content (AvgIpc) is 1.94. The number of nitrogen functional groups attached to an aromatic ring is 1. The summed E-state index contributed by atoms with van der Waals surface area (Å²) in [7, 11) is 0. The Balaban J connectivity index is 2.86. The third-order valence-electron chi connectivity index (χ3n) is 1.33. The first-order chi connectivity index (χ1) is 5.88. The van der Waals surface area contributed by atoms with Crippen molar-refractivity contribution in [3.63, 3.8) is 0 Å². The molecule has 72 valence electrons. The minimum Gasteiger partial charge on any atom is -0.382 e. The average molecular weight is 211 g/mol. The molecule has 2 N–H and O–H groups in total. The first-order valence-corrected chi connectivity index (χ1v) is 3.73. The van der Waals surface area contributed by atoms with Gasteiger partial charge in [-0.05, 0) is 11.6 Å².